The summed E-state index contributed by atoms with van der Waals surface area (Å²) in [7, 11) is 1.60. The van der Waals surface area contributed by atoms with E-state index in [1.807, 2.05) is 56.3 Å². The smallest absolute Gasteiger partial charge is 0.189 e. The molecule has 0 aliphatic carbocycles. The van der Waals surface area contributed by atoms with Gasteiger partial charge in [-0.3, -0.25) is 4.79 Å². The zero-order valence-corrected chi connectivity index (χ0v) is 18.7. The molecule has 0 N–H and O–H groups in total. The van der Waals surface area contributed by atoms with E-state index in [0.29, 0.717) is 48.4 Å². The zero-order valence-electron chi connectivity index (χ0n) is 18.7. The zero-order chi connectivity index (χ0) is 22.8. The van der Waals surface area contributed by atoms with Gasteiger partial charge in [-0.15, -0.1) is 0 Å². The average molecular weight is 433 g/mol. The minimum absolute atomic E-state index is 0.165. The van der Waals surface area contributed by atoms with Crippen LogP contribution in [0.1, 0.15) is 35.3 Å². The van der Waals surface area contributed by atoms with Gasteiger partial charge in [-0.05, 0) is 55.8 Å². The van der Waals surface area contributed by atoms with Crippen LogP contribution in [0, 0.1) is 0 Å². The molecule has 0 heterocycles. The van der Waals surface area contributed by atoms with E-state index in [4.69, 9.17) is 18.9 Å². The molecule has 5 heteroatoms. The predicted molar refractivity (Wildman–Crippen MR) is 126 cm³/mol. The van der Waals surface area contributed by atoms with E-state index in [1.54, 1.807) is 37.5 Å². The summed E-state index contributed by atoms with van der Waals surface area (Å²) >= 11 is 0. The van der Waals surface area contributed by atoms with Gasteiger partial charge in [0.05, 0.1) is 25.9 Å². The van der Waals surface area contributed by atoms with E-state index in [9.17, 15) is 4.79 Å². The minimum atomic E-state index is -0.165. The highest BCUT2D eigenvalue weighted by Gasteiger charge is 2.13. The Bertz CT molecular complexity index is 1060. The highest BCUT2D eigenvalue weighted by Crippen LogP contribution is 2.29. The third-order valence-corrected chi connectivity index (χ3v) is 4.70. The van der Waals surface area contributed by atoms with Crippen LogP contribution in [0.25, 0.3) is 6.08 Å². The molecule has 3 aromatic rings. The number of allylic oxidation sites excluding steroid dienone is 1. The fourth-order valence-corrected chi connectivity index (χ4v) is 3.13. The van der Waals surface area contributed by atoms with E-state index >= 15 is 0 Å². The Morgan fingerprint density at radius 2 is 1.50 bits per heavy atom. The van der Waals surface area contributed by atoms with Crippen molar-refractivity contribution in [2.24, 2.45) is 0 Å². The van der Waals surface area contributed by atoms with E-state index in [-0.39, 0.29) is 5.78 Å². The number of rotatable bonds is 11. The molecule has 0 atom stereocenters. The van der Waals surface area contributed by atoms with Crippen molar-refractivity contribution in [3.05, 3.63) is 89.5 Å². The second-order valence-electron chi connectivity index (χ2n) is 6.90. The molecular formula is C27H28O5. The van der Waals surface area contributed by atoms with E-state index in [1.165, 1.54) is 6.08 Å². The van der Waals surface area contributed by atoms with E-state index < -0.39 is 0 Å². The van der Waals surface area contributed by atoms with Crippen molar-refractivity contribution in [2.45, 2.75) is 20.5 Å². The van der Waals surface area contributed by atoms with Crippen LogP contribution in [-0.4, -0.2) is 26.1 Å². The lowest BCUT2D eigenvalue weighted by molar-refractivity contribution is 0.104. The fraction of sp³-hybridized carbons (Fsp3) is 0.222. The molecule has 0 aliphatic heterocycles. The van der Waals surface area contributed by atoms with Crippen LogP contribution >= 0.6 is 0 Å². The molecule has 0 bridgehead atoms. The summed E-state index contributed by atoms with van der Waals surface area (Å²) in [5.41, 5.74) is 2.33. The van der Waals surface area contributed by atoms with Crippen molar-refractivity contribution < 1.29 is 23.7 Å². The number of carbonyl (C=O) groups excluding carboxylic acids is 1. The van der Waals surface area contributed by atoms with Crippen LogP contribution in [0.15, 0.2) is 72.8 Å². The van der Waals surface area contributed by atoms with Crippen LogP contribution < -0.4 is 18.9 Å². The second-order valence-corrected chi connectivity index (χ2v) is 6.90. The molecule has 0 saturated heterocycles. The summed E-state index contributed by atoms with van der Waals surface area (Å²) in [5.74, 6) is 2.33. The molecule has 0 aliphatic rings. The van der Waals surface area contributed by atoms with Gasteiger partial charge in [0, 0.05) is 17.7 Å². The lowest BCUT2D eigenvalue weighted by Gasteiger charge is -2.12. The normalized spacial score (nSPS) is 10.7. The van der Waals surface area contributed by atoms with Gasteiger partial charge in [-0.25, -0.2) is 0 Å². The molecule has 0 fully saturated rings. The molecule has 166 valence electrons. The Hall–Kier alpha value is -3.73. The predicted octanol–water partition coefficient (Wildman–Crippen LogP) is 5.97. The Labute approximate surface area is 189 Å². The molecule has 0 spiro atoms. The van der Waals surface area contributed by atoms with Gasteiger partial charge in [-0.2, -0.15) is 0 Å². The van der Waals surface area contributed by atoms with Crippen LogP contribution in [0.4, 0.5) is 0 Å². The quantitative estimate of drug-likeness (QED) is 0.276. The third-order valence-electron chi connectivity index (χ3n) is 4.70. The Kier molecular flexibility index (Phi) is 8.32. The van der Waals surface area contributed by atoms with Gasteiger partial charge in [0.2, 0.25) is 0 Å². The summed E-state index contributed by atoms with van der Waals surface area (Å²) in [6, 6.07) is 20.7. The first-order valence-electron chi connectivity index (χ1n) is 10.6. The lowest BCUT2D eigenvalue weighted by Crippen LogP contribution is -2.03. The maximum atomic E-state index is 12.9. The van der Waals surface area contributed by atoms with Gasteiger partial charge < -0.3 is 18.9 Å². The van der Waals surface area contributed by atoms with Gasteiger partial charge in [0.1, 0.15) is 29.6 Å². The van der Waals surface area contributed by atoms with Crippen LogP contribution in [0.5, 0.6) is 23.0 Å². The van der Waals surface area contributed by atoms with Gasteiger partial charge in [0.15, 0.2) is 5.78 Å². The SMILES string of the molecule is CCOc1cc(OC)ccc1C=CC(=O)c1ccc(OCc2ccccc2)cc1OCC. The highest BCUT2D eigenvalue weighted by atomic mass is 16.5. The van der Waals surface area contributed by atoms with Crippen molar-refractivity contribution in [2.75, 3.05) is 20.3 Å². The van der Waals surface area contributed by atoms with Crippen molar-refractivity contribution >= 4 is 11.9 Å². The first-order chi connectivity index (χ1) is 15.6. The molecular weight excluding hydrogens is 404 g/mol. The van der Waals surface area contributed by atoms with E-state index in [0.717, 1.165) is 11.1 Å². The van der Waals surface area contributed by atoms with Crippen LogP contribution in [0.2, 0.25) is 0 Å². The molecule has 0 radical (unpaired) electrons. The molecule has 5 nitrogen and oxygen atoms in total. The number of methoxy groups -OCH3 is 1. The summed E-state index contributed by atoms with van der Waals surface area (Å²) in [4.78, 5) is 12.9. The topological polar surface area (TPSA) is 54.0 Å². The molecule has 3 rings (SSSR count). The molecule has 0 amide bonds. The third kappa shape index (κ3) is 6.14. The fourth-order valence-electron chi connectivity index (χ4n) is 3.13. The maximum absolute atomic E-state index is 12.9. The summed E-state index contributed by atoms with van der Waals surface area (Å²) in [6.07, 6.45) is 3.26. The van der Waals surface area contributed by atoms with Gasteiger partial charge in [0.25, 0.3) is 0 Å². The van der Waals surface area contributed by atoms with Gasteiger partial charge in [-0.1, -0.05) is 30.3 Å². The minimum Gasteiger partial charge on any atom is -0.497 e. The standard InChI is InChI=1S/C27H28O5/c1-4-30-26-17-22(29-3)13-11-21(26)12-16-25(28)24-15-14-23(18-27(24)31-5-2)32-19-20-9-7-6-8-10-20/h6-18H,4-5,19H2,1-3H3. The number of hydrogen-bond donors (Lipinski definition) is 0. The van der Waals surface area contributed by atoms with Crippen molar-refractivity contribution in [3.63, 3.8) is 0 Å². The summed E-state index contributed by atoms with van der Waals surface area (Å²) in [6.45, 7) is 5.19. The van der Waals surface area contributed by atoms with Crippen molar-refractivity contribution in [1.29, 1.82) is 0 Å². The number of hydrogen-bond acceptors (Lipinski definition) is 5. The largest absolute Gasteiger partial charge is 0.497 e. The molecule has 3 aromatic carbocycles. The Morgan fingerprint density at radius 1 is 0.812 bits per heavy atom. The molecule has 0 aromatic heterocycles. The summed E-state index contributed by atoms with van der Waals surface area (Å²) < 4.78 is 22.5. The Balaban J connectivity index is 1.78. The molecule has 32 heavy (non-hydrogen) atoms. The number of ketones is 1. The van der Waals surface area contributed by atoms with E-state index in [2.05, 4.69) is 0 Å². The van der Waals surface area contributed by atoms with Crippen LogP contribution in [-0.2, 0) is 6.61 Å². The Morgan fingerprint density at radius 3 is 2.22 bits per heavy atom. The average Bonchev–Trinajstić information content (AvgIpc) is 2.83. The molecule has 0 unspecified atom stereocenters. The number of benzene rings is 3. The van der Waals surface area contributed by atoms with Crippen LogP contribution in [0.3, 0.4) is 0 Å². The summed E-state index contributed by atoms with van der Waals surface area (Å²) in [5, 5.41) is 0. The maximum Gasteiger partial charge on any atom is 0.189 e. The first kappa shape index (κ1) is 22.9. The molecule has 0 saturated carbocycles. The number of ether oxygens (including phenoxy) is 4. The second kappa shape index (κ2) is 11.6. The van der Waals surface area contributed by atoms with Crippen molar-refractivity contribution in [3.8, 4) is 23.0 Å². The number of carbonyl (C=O) groups is 1. The first-order valence-corrected chi connectivity index (χ1v) is 10.6. The highest BCUT2D eigenvalue weighted by molar-refractivity contribution is 6.08. The lowest BCUT2D eigenvalue weighted by atomic mass is 10.1. The monoisotopic (exact) mass is 432 g/mol. The van der Waals surface area contributed by atoms with Gasteiger partial charge >= 0.3 is 0 Å². The van der Waals surface area contributed by atoms with Crippen molar-refractivity contribution in [1.82, 2.24) is 0 Å².